The maximum atomic E-state index is 10.7. The Morgan fingerprint density at radius 1 is 0.952 bits per heavy atom. The number of hydrogen-bond acceptors (Lipinski definition) is 6. The van der Waals surface area contributed by atoms with Crippen molar-refractivity contribution in [2.45, 2.75) is 12.8 Å². The van der Waals surface area contributed by atoms with E-state index in [9.17, 15) is 14.7 Å². The third-order valence-corrected chi connectivity index (χ3v) is 1.95. The molecule has 1 rings (SSSR count). The molecule has 0 bridgehead atoms. The molecule has 120 valence electrons. The Kier molecular flexibility index (Phi) is 16.6. The second kappa shape index (κ2) is 16.3. The van der Waals surface area contributed by atoms with Crippen LogP contribution < -0.4 is 10.8 Å². The minimum atomic E-state index is -1.67. The first-order valence-electron chi connectivity index (χ1n) is 6.47. The lowest BCUT2D eigenvalue weighted by Crippen LogP contribution is -2.51. The molecule has 0 aliphatic carbocycles. The monoisotopic (exact) mass is 301 g/mol. The number of aliphatic hydroxyl groups excluding tert-OH is 3. The minimum Gasteiger partial charge on any atom is -0.541 e. The molecule has 0 spiro atoms. The number of benzene rings is 1. The van der Waals surface area contributed by atoms with Crippen LogP contribution in [0.2, 0.25) is 0 Å². The Morgan fingerprint density at radius 3 is 1.67 bits per heavy atom. The summed E-state index contributed by atoms with van der Waals surface area (Å²) in [6.45, 7) is 1.22. The van der Waals surface area contributed by atoms with Gasteiger partial charge in [-0.05, 0) is 12.8 Å². The fourth-order valence-electron chi connectivity index (χ4n) is 0.931. The number of carboxylic acids is 1. The van der Waals surface area contributed by atoms with Crippen molar-refractivity contribution in [2.75, 3.05) is 26.4 Å². The number of ketones is 1. The highest BCUT2D eigenvalue weighted by molar-refractivity contribution is 6.38. The van der Waals surface area contributed by atoms with Gasteiger partial charge in [0.05, 0.1) is 13.2 Å². The molecule has 0 aliphatic rings. The van der Waals surface area contributed by atoms with Gasteiger partial charge in [0.2, 0.25) is 5.78 Å². The van der Waals surface area contributed by atoms with Crippen molar-refractivity contribution in [1.29, 1.82) is 0 Å². The van der Waals surface area contributed by atoms with Gasteiger partial charge in [0.15, 0.2) is 0 Å². The van der Waals surface area contributed by atoms with Crippen molar-refractivity contribution in [3.05, 3.63) is 35.9 Å². The fraction of sp³-hybridized carbons (Fsp3) is 0.429. The zero-order valence-electron chi connectivity index (χ0n) is 11.9. The number of rotatable bonds is 6. The van der Waals surface area contributed by atoms with Crippen LogP contribution in [-0.4, -0.2) is 53.4 Å². The van der Waals surface area contributed by atoms with E-state index in [1.165, 1.54) is 12.1 Å². The first kappa shape index (κ1) is 21.5. The predicted octanol–water partition coefficient (Wildman–Crippen LogP) is -2.41. The van der Waals surface area contributed by atoms with Crippen molar-refractivity contribution in [3.8, 4) is 0 Å². The minimum absolute atomic E-state index is 0.146. The Morgan fingerprint density at radius 2 is 1.38 bits per heavy atom. The number of aliphatic carboxylic acids is 1. The summed E-state index contributed by atoms with van der Waals surface area (Å²) in [6.07, 6.45) is 1.44. The van der Waals surface area contributed by atoms with Crippen molar-refractivity contribution < 1.29 is 35.7 Å². The van der Waals surface area contributed by atoms with E-state index in [4.69, 9.17) is 15.3 Å². The Labute approximate surface area is 123 Å². The average molecular weight is 301 g/mol. The van der Waals surface area contributed by atoms with Crippen LogP contribution in [0.25, 0.3) is 0 Å². The summed E-state index contributed by atoms with van der Waals surface area (Å²) in [6, 6.07) is 7.74. The molecule has 0 atom stereocenters. The molecular formula is C14H23NO6. The standard InChI is InChI=1S/C8H6O3.C4H10O2.C2H7NO/c9-7(8(10)11)6-4-2-1-3-5-6;5-3-1-2-4-6;3-1-2-4/h1-5H,(H,10,11);5-6H,1-4H2;4H,1-3H2. The smallest absolute Gasteiger partial charge is 0.208 e. The summed E-state index contributed by atoms with van der Waals surface area (Å²) < 4.78 is 0. The van der Waals surface area contributed by atoms with Gasteiger partial charge >= 0.3 is 0 Å². The summed E-state index contributed by atoms with van der Waals surface area (Å²) in [5.74, 6) is -2.65. The molecule has 0 aromatic heterocycles. The van der Waals surface area contributed by atoms with Gasteiger partial charge in [0.25, 0.3) is 0 Å². The lowest BCUT2D eigenvalue weighted by atomic mass is 10.1. The van der Waals surface area contributed by atoms with Crippen molar-refractivity contribution in [3.63, 3.8) is 0 Å². The Bertz CT molecular complexity index is 363. The van der Waals surface area contributed by atoms with Gasteiger partial charge in [-0.15, -0.1) is 0 Å². The molecule has 7 nitrogen and oxygen atoms in total. The van der Waals surface area contributed by atoms with Crippen molar-refractivity contribution in [1.82, 2.24) is 0 Å². The van der Waals surface area contributed by atoms with E-state index in [1.807, 2.05) is 0 Å². The molecule has 0 heterocycles. The number of Topliss-reactive ketones (excluding diaryl/α,β-unsaturated/α-hetero) is 1. The number of carboxylic acid groups (broad SMARTS) is 1. The average Bonchev–Trinajstić information content (AvgIpc) is 2.53. The summed E-state index contributed by atoms with van der Waals surface area (Å²) in [5.41, 5.74) is 3.50. The van der Waals surface area contributed by atoms with Crippen LogP contribution in [0.3, 0.4) is 0 Å². The summed E-state index contributed by atoms with van der Waals surface area (Å²) in [4.78, 5) is 20.7. The fourth-order valence-corrected chi connectivity index (χ4v) is 0.931. The molecule has 1 aromatic carbocycles. The number of unbranched alkanes of at least 4 members (excludes halogenated alkanes) is 1. The van der Waals surface area contributed by atoms with Crippen LogP contribution >= 0.6 is 0 Å². The van der Waals surface area contributed by atoms with Gasteiger partial charge in [-0.1, -0.05) is 30.3 Å². The summed E-state index contributed by atoms with van der Waals surface area (Å²) in [7, 11) is 0. The molecule has 1 aromatic rings. The maximum Gasteiger partial charge on any atom is 0.208 e. The van der Waals surface area contributed by atoms with Crippen LogP contribution in [0.1, 0.15) is 23.2 Å². The van der Waals surface area contributed by atoms with Gasteiger partial charge in [-0.25, -0.2) is 0 Å². The van der Waals surface area contributed by atoms with Gasteiger partial charge in [-0.3, -0.25) is 4.79 Å². The zero-order chi connectivity index (χ0) is 16.5. The SMILES string of the molecule is O=C([O-])C(=O)c1ccccc1.OCCCCO.[NH3+]CCO. The van der Waals surface area contributed by atoms with Gasteiger partial charge in [0, 0.05) is 18.8 Å². The number of aliphatic hydroxyl groups is 3. The van der Waals surface area contributed by atoms with Gasteiger partial charge < -0.3 is 31.0 Å². The molecule has 0 aliphatic heterocycles. The first-order chi connectivity index (χ1) is 10.0. The van der Waals surface area contributed by atoms with Gasteiger partial charge in [-0.2, -0.15) is 0 Å². The number of quaternary nitrogens is 1. The number of carbonyl (C=O) groups is 2. The van der Waals surface area contributed by atoms with Crippen LogP contribution in [0.15, 0.2) is 30.3 Å². The number of carbonyl (C=O) groups excluding carboxylic acids is 2. The second-order valence-corrected chi connectivity index (χ2v) is 3.71. The van der Waals surface area contributed by atoms with Crippen LogP contribution in [0, 0.1) is 0 Å². The first-order valence-corrected chi connectivity index (χ1v) is 6.47. The highest BCUT2D eigenvalue weighted by atomic mass is 16.4. The highest BCUT2D eigenvalue weighted by Gasteiger charge is 2.03. The second-order valence-electron chi connectivity index (χ2n) is 3.71. The molecule has 7 heteroatoms. The Hall–Kier alpha value is -1.80. The van der Waals surface area contributed by atoms with Gasteiger partial charge in [0.1, 0.15) is 5.97 Å². The number of hydrogen-bond donors (Lipinski definition) is 4. The van der Waals surface area contributed by atoms with E-state index in [0.29, 0.717) is 6.54 Å². The molecule has 21 heavy (non-hydrogen) atoms. The topological polar surface area (TPSA) is 146 Å². The largest absolute Gasteiger partial charge is 0.541 e. The maximum absolute atomic E-state index is 10.7. The third kappa shape index (κ3) is 14.4. The lowest BCUT2D eigenvalue weighted by Gasteiger charge is -1.98. The van der Waals surface area contributed by atoms with Crippen molar-refractivity contribution >= 4 is 11.8 Å². The van der Waals surface area contributed by atoms with E-state index < -0.39 is 11.8 Å². The molecule has 0 unspecified atom stereocenters. The van der Waals surface area contributed by atoms with Crippen molar-refractivity contribution in [2.24, 2.45) is 0 Å². The van der Waals surface area contributed by atoms with E-state index in [2.05, 4.69) is 5.73 Å². The zero-order valence-corrected chi connectivity index (χ0v) is 11.9. The van der Waals surface area contributed by atoms with E-state index >= 15 is 0 Å². The van der Waals surface area contributed by atoms with E-state index in [-0.39, 0.29) is 25.4 Å². The van der Waals surface area contributed by atoms with Crippen LogP contribution in [0.4, 0.5) is 0 Å². The summed E-state index contributed by atoms with van der Waals surface area (Å²) in [5, 5.41) is 34.0. The predicted molar refractivity (Wildman–Crippen MR) is 74.0 cm³/mol. The molecular weight excluding hydrogens is 278 g/mol. The molecule has 0 amide bonds. The van der Waals surface area contributed by atoms with Crippen LogP contribution in [0.5, 0.6) is 0 Å². The molecule has 0 saturated carbocycles. The van der Waals surface area contributed by atoms with E-state index in [1.54, 1.807) is 18.2 Å². The lowest BCUT2D eigenvalue weighted by molar-refractivity contribution is -0.372. The molecule has 0 radical (unpaired) electrons. The highest BCUT2D eigenvalue weighted by Crippen LogP contribution is 1.98. The third-order valence-electron chi connectivity index (χ3n) is 1.95. The summed E-state index contributed by atoms with van der Waals surface area (Å²) >= 11 is 0. The van der Waals surface area contributed by atoms with Crippen LogP contribution in [-0.2, 0) is 4.79 Å². The normalized spacial score (nSPS) is 8.76. The quantitative estimate of drug-likeness (QED) is 0.261. The Balaban J connectivity index is 0. The molecule has 0 saturated heterocycles. The molecule has 6 N–H and O–H groups in total. The van der Waals surface area contributed by atoms with E-state index in [0.717, 1.165) is 12.8 Å². The molecule has 0 fully saturated rings.